The van der Waals surface area contributed by atoms with Crippen molar-refractivity contribution in [2.24, 2.45) is 0 Å². The number of hydrogen-bond donors (Lipinski definition) is 2. The smallest absolute Gasteiger partial charge is 0.134 e. The molecule has 0 aliphatic carbocycles. The Morgan fingerprint density at radius 2 is 1.80 bits per heavy atom. The Morgan fingerprint density at radius 3 is 2.40 bits per heavy atom. The average molecular weight is 273 g/mol. The van der Waals surface area contributed by atoms with Gasteiger partial charge in [-0.15, -0.1) is 0 Å². The molecule has 0 saturated carbocycles. The summed E-state index contributed by atoms with van der Waals surface area (Å²) in [6, 6.07) is 12.3. The summed E-state index contributed by atoms with van der Waals surface area (Å²) in [6.45, 7) is 6.84. The SMILES string of the molecule is CC[C@@H](C)NCc1ccc(-c2ccc([C@H](C)O)cc2)o1. The molecule has 3 heteroatoms. The quantitative estimate of drug-likeness (QED) is 0.839. The van der Waals surface area contributed by atoms with Gasteiger partial charge in [0.2, 0.25) is 0 Å². The monoisotopic (exact) mass is 273 g/mol. The molecule has 20 heavy (non-hydrogen) atoms. The number of furan rings is 1. The summed E-state index contributed by atoms with van der Waals surface area (Å²) < 4.78 is 5.84. The maximum absolute atomic E-state index is 9.50. The molecule has 108 valence electrons. The van der Waals surface area contributed by atoms with Crippen molar-refractivity contribution in [3.63, 3.8) is 0 Å². The second-order valence-electron chi connectivity index (χ2n) is 5.25. The largest absolute Gasteiger partial charge is 0.460 e. The molecule has 0 fully saturated rings. The van der Waals surface area contributed by atoms with E-state index in [-0.39, 0.29) is 0 Å². The van der Waals surface area contributed by atoms with E-state index < -0.39 is 6.10 Å². The van der Waals surface area contributed by atoms with E-state index in [0.717, 1.165) is 35.6 Å². The van der Waals surface area contributed by atoms with Gasteiger partial charge in [0.15, 0.2) is 0 Å². The number of nitrogens with one attached hydrogen (secondary N) is 1. The molecule has 2 N–H and O–H groups in total. The van der Waals surface area contributed by atoms with Crippen LogP contribution < -0.4 is 5.32 Å². The minimum absolute atomic E-state index is 0.434. The zero-order chi connectivity index (χ0) is 14.5. The molecule has 1 aromatic heterocycles. The Bertz CT molecular complexity index is 528. The lowest BCUT2D eigenvalue weighted by Crippen LogP contribution is -2.24. The van der Waals surface area contributed by atoms with E-state index in [1.54, 1.807) is 6.92 Å². The first-order chi connectivity index (χ1) is 9.60. The highest BCUT2D eigenvalue weighted by Crippen LogP contribution is 2.24. The van der Waals surface area contributed by atoms with Crippen molar-refractivity contribution in [1.29, 1.82) is 0 Å². The number of benzene rings is 1. The molecule has 0 spiro atoms. The lowest BCUT2D eigenvalue weighted by Gasteiger charge is -2.09. The Morgan fingerprint density at radius 1 is 1.10 bits per heavy atom. The maximum Gasteiger partial charge on any atom is 0.134 e. The fourth-order valence-electron chi connectivity index (χ4n) is 1.97. The molecule has 0 unspecified atom stereocenters. The molecule has 1 heterocycles. The Hall–Kier alpha value is -1.58. The Balaban J connectivity index is 2.04. The highest BCUT2D eigenvalue weighted by Gasteiger charge is 2.07. The Labute approximate surface area is 120 Å². The number of aliphatic hydroxyl groups excluding tert-OH is 1. The van der Waals surface area contributed by atoms with Crippen molar-refractivity contribution in [1.82, 2.24) is 5.32 Å². The van der Waals surface area contributed by atoms with E-state index in [4.69, 9.17) is 4.42 Å². The molecular weight excluding hydrogens is 250 g/mol. The molecule has 2 rings (SSSR count). The molecular formula is C17H23NO2. The van der Waals surface area contributed by atoms with Gasteiger partial charge in [-0.25, -0.2) is 0 Å². The molecule has 0 aliphatic heterocycles. The topological polar surface area (TPSA) is 45.4 Å². The molecule has 0 radical (unpaired) electrons. The van der Waals surface area contributed by atoms with Gasteiger partial charge in [0, 0.05) is 11.6 Å². The minimum Gasteiger partial charge on any atom is -0.460 e. The molecule has 0 saturated heterocycles. The summed E-state index contributed by atoms with van der Waals surface area (Å²) in [5.74, 6) is 1.81. The second-order valence-corrected chi connectivity index (χ2v) is 5.25. The number of hydrogen-bond acceptors (Lipinski definition) is 3. The van der Waals surface area contributed by atoms with Crippen LogP contribution >= 0.6 is 0 Å². The second kappa shape index (κ2) is 6.73. The molecule has 0 bridgehead atoms. The number of aliphatic hydroxyl groups is 1. The van der Waals surface area contributed by atoms with E-state index in [2.05, 4.69) is 19.2 Å². The summed E-state index contributed by atoms with van der Waals surface area (Å²) >= 11 is 0. The van der Waals surface area contributed by atoms with Gasteiger partial charge < -0.3 is 14.8 Å². The third-order valence-corrected chi connectivity index (χ3v) is 3.58. The molecule has 2 aromatic rings. The number of rotatable bonds is 6. The van der Waals surface area contributed by atoms with Gasteiger partial charge in [0.05, 0.1) is 12.6 Å². The van der Waals surface area contributed by atoms with E-state index in [9.17, 15) is 5.11 Å². The third-order valence-electron chi connectivity index (χ3n) is 3.58. The first-order valence-electron chi connectivity index (χ1n) is 7.20. The summed E-state index contributed by atoms with van der Waals surface area (Å²) in [7, 11) is 0. The zero-order valence-corrected chi connectivity index (χ0v) is 12.4. The first kappa shape index (κ1) is 14.8. The fourth-order valence-corrected chi connectivity index (χ4v) is 1.97. The van der Waals surface area contributed by atoms with Gasteiger partial charge in [-0.3, -0.25) is 0 Å². The lowest BCUT2D eigenvalue weighted by molar-refractivity contribution is 0.199. The first-order valence-corrected chi connectivity index (χ1v) is 7.20. The molecule has 0 amide bonds. The van der Waals surface area contributed by atoms with Crippen LogP contribution in [0.5, 0.6) is 0 Å². The van der Waals surface area contributed by atoms with Gasteiger partial charge in [0.1, 0.15) is 11.5 Å². The average Bonchev–Trinajstić information content (AvgIpc) is 2.93. The van der Waals surface area contributed by atoms with E-state index >= 15 is 0 Å². The zero-order valence-electron chi connectivity index (χ0n) is 12.4. The van der Waals surface area contributed by atoms with Crippen molar-refractivity contribution in [3.05, 3.63) is 47.7 Å². The van der Waals surface area contributed by atoms with Gasteiger partial charge in [-0.05, 0) is 38.0 Å². The third kappa shape index (κ3) is 3.71. The van der Waals surface area contributed by atoms with Crippen LogP contribution in [-0.2, 0) is 6.54 Å². The van der Waals surface area contributed by atoms with Crippen LogP contribution in [0, 0.1) is 0 Å². The Kier molecular flexibility index (Phi) is 4.99. The van der Waals surface area contributed by atoms with Gasteiger partial charge in [-0.2, -0.15) is 0 Å². The fraction of sp³-hybridized carbons (Fsp3) is 0.412. The van der Waals surface area contributed by atoms with Crippen LogP contribution in [0.2, 0.25) is 0 Å². The van der Waals surface area contributed by atoms with Crippen molar-refractivity contribution in [3.8, 4) is 11.3 Å². The lowest BCUT2D eigenvalue weighted by atomic mass is 10.1. The van der Waals surface area contributed by atoms with Crippen molar-refractivity contribution in [2.45, 2.75) is 45.9 Å². The van der Waals surface area contributed by atoms with Crippen LogP contribution in [0.15, 0.2) is 40.8 Å². The van der Waals surface area contributed by atoms with E-state index in [1.807, 2.05) is 36.4 Å². The molecule has 0 aliphatic rings. The molecule has 2 atom stereocenters. The van der Waals surface area contributed by atoms with Crippen molar-refractivity contribution in [2.75, 3.05) is 0 Å². The van der Waals surface area contributed by atoms with Crippen molar-refractivity contribution >= 4 is 0 Å². The molecule has 3 nitrogen and oxygen atoms in total. The molecule has 1 aromatic carbocycles. The minimum atomic E-state index is -0.434. The highest BCUT2D eigenvalue weighted by molar-refractivity contribution is 5.58. The van der Waals surface area contributed by atoms with E-state index in [0.29, 0.717) is 6.04 Å². The summed E-state index contributed by atoms with van der Waals surface area (Å²) in [5, 5.41) is 12.9. The summed E-state index contributed by atoms with van der Waals surface area (Å²) in [6.07, 6.45) is 0.671. The van der Waals surface area contributed by atoms with Gasteiger partial charge in [0.25, 0.3) is 0 Å². The standard InChI is InChI=1S/C17H23NO2/c1-4-12(2)18-11-16-9-10-17(20-16)15-7-5-14(6-8-15)13(3)19/h5-10,12-13,18-19H,4,11H2,1-3H3/t12-,13+/m1/s1. The summed E-state index contributed by atoms with van der Waals surface area (Å²) in [4.78, 5) is 0. The summed E-state index contributed by atoms with van der Waals surface area (Å²) in [5.41, 5.74) is 1.95. The van der Waals surface area contributed by atoms with Gasteiger partial charge >= 0.3 is 0 Å². The van der Waals surface area contributed by atoms with E-state index in [1.165, 1.54) is 0 Å². The van der Waals surface area contributed by atoms with Crippen LogP contribution in [0.4, 0.5) is 0 Å². The predicted molar refractivity (Wildman–Crippen MR) is 81.4 cm³/mol. The van der Waals surface area contributed by atoms with Crippen LogP contribution in [-0.4, -0.2) is 11.1 Å². The van der Waals surface area contributed by atoms with Crippen molar-refractivity contribution < 1.29 is 9.52 Å². The van der Waals surface area contributed by atoms with Crippen LogP contribution in [0.1, 0.15) is 44.6 Å². The van der Waals surface area contributed by atoms with Crippen LogP contribution in [0.3, 0.4) is 0 Å². The van der Waals surface area contributed by atoms with Crippen LogP contribution in [0.25, 0.3) is 11.3 Å². The highest BCUT2D eigenvalue weighted by atomic mass is 16.3. The maximum atomic E-state index is 9.50. The van der Waals surface area contributed by atoms with Gasteiger partial charge in [-0.1, -0.05) is 31.2 Å². The normalized spacial score (nSPS) is 14.2. The predicted octanol–water partition coefficient (Wildman–Crippen LogP) is 3.89.